The molecule has 0 N–H and O–H groups in total. The van der Waals surface area contributed by atoms with Crippen LogP contribution < -0.4 is 0 Å². The molecular weight excluding hydrogens is 314 g/mol. The fraction of sp³-hybridized carbons (Fsp3) is 0.391. The van der Waals surface area contributed by atoms with Gasteiger partial charge in [-0.15, -0.1) is 0 Å². The van der Waals surface area contributed by atoms with E-state index in [1.54, 1.807) is 6.07 Å². The van der Waals surface area contributed by atoms with Crippen molar-refractivity contribution < 1.29 is 8.78 Å². The molecule has 0 unspecified atom stereocenters. The maximum atomic E-state index is 13.4. The maximum Gasteiger partial charge on any atom is 0.159 e. The minimum atomic E-state index is -0.808. The van der Waals surface area contributed by atoms with Gasteiger partial charge >= 0.3 is 0 Å². The van der Waals surface area contributed by atoms with E-state index in [0.29, 0.717) is 11.5 Å². The first-order valence-corrected chi connectivity index (χ1v) is 9.39. The Balaban J connectivity index is 1.60. The molecule has 0 heterocycles. The van der Waals surface area contributed by atoms with Crippen LogP contribution in [-0.4, -0.2) is 0 Å². The molecule has 0 aromatic heterocycles. The summed E-state index contributed by atoms with van der Waals surface area (Å²) in [6.07, 6.45) is 12.5. The zero-order valence-corrected chi connectivity index (χ0v) is 14.8. The van der Waals surface area contributed by atoms with Crippen LogP contribution in [0.25, 0.3) is 17.2 Å². The Morgan fingerprint density at radius 2 is 1.56 bits per heavy atom. The molecule has 0 spiro atoms. The summed E-state index contributed by atoms with van der Waals surface area (Å²) in [4.78, 5) is 0. The third-order valence-electron chi connectivity index (χ3n) is 5.31. The number of rotatable bonds is 5. The van der Waals surface area contributed by atoms with Gasteiger partial charge < -0.3 is 0 Å². The third kappa shape index (κ3) is 4.78. The van der Waals surface area contributed by atoms with Crippen molar-refractivity contribution in [1.82, 2.24) is 0 Å². The van der Waals surface area contributed by atoms with Crippen LogP contribution >= 0.6 is 0 Å². The number of allylic oxidation sites excluding steroid dienone is 1. The van der Waals surface area contributed by atoms with Crippen molar-refractivity contribution >= 4 is 6.08 Å². The summed E-state index contributed by atoms with van der Waals surface area (Å²) in [5.41, 5.74) is 2.75. The van der Waals surface area contributed by atoms with Crippen LogP contribution in [-0.2, 0) is 0 Å². The van der Waals surface area contributed by atoms with Gasteiger partial charge in [0.05, 0.1) is 0 Å². The number of benzene rings is 2. The van der Waals surface area contributed by atoms with E-state index >= 15 is 0 Å². The Kier molecular flexibility index (Phi) is 6.01. The highest BCUT2D eigenvalue weighted by molar-refractivity contribution is 5.65. The van der Waals surface area contributed by atoms with E-state index in [0.717, 1.165) is 17.0 Å². The van der Waals surface area contributed by atoms with Gasteiger partial charge in [0, 0.05) is 0 Å². The largest absolute Gasteiger partial charge is 0.204 e. The minimum absolute atomic E-state index is 0.693. The smallest absolute Gasteiger partial charge is 0.159 e. The van der Waals surface area contributed by atoms with Crippen LogP contribution in [0.2, 0.25) is 0 Å². The molecule has 0 amide bonds. The second kappa shape index (κ2) is 8.42. The lowest BCUT2D eigenvalue weighted by Gasteiger charge is -2.26. The predicted octanol–water partition coefficient (Wildman–Crippen LogP) is 7.25. The summed E-state index contributed by atoms with van der Waals surface area (Å²) in [7, 11) is 0. The number of hydrogen-bond donors (Lipinski definition) is 0. The van der Waals surface area contributed by atoms with Gasteiger partial charge in [-0.1, -0.05) is 62.2 Å². The average molecular weight is 340 g/mol. The molecule has 1 saturated carbocycles. The fourth-order valence-electron chi connectivity index (χ4n) is 3.79. The minimum Gasteiger partial charge on any atom is -0.204 e. The van der Waals surface area contributed by atoms with E-state index in [9.17, 15) is 8.78 Å². The topological polar surface area (TPSA) is 0 Å². The van der Waals surface area contributed by atoms with Gasteiger partial charge in [-0.25, -0.2) is 8.78 Å². The SMILES string of the molecule is CCCC1CCC(C=Cc2ccc(-c3ccc(F)c(F)c3)cc2)CC1. The highest BCUT2D eigenvalue weighted by atomic mass is 19.2. The van der Waals surface area contributed by atoms with Crippen LogP contribution in [0.4, 0.5) is 8.78 Å². The van der Waals surface area contributed by atoms with Crippen LogP contribution in [0.5, 0.6) is 0 Å². The van der Waals surface area contributed by atoms with Gasteiger partial charge in [-0.3, -0.25) is 0 Å². The molecule has 2 aromatic carbocycles. The van der Waals surface area contributed by atoms with E-state index in [1.165, 1.54) is 50.7 Å². The zero-order valence-electron chi connectivity index (χ0n) is 14.8. The van der Waals surface area contributed by atoms with E-state index in [-0.39, 0.29) is 0 Å². The molecule has 2 heteroatoms. The van der Waals surface area contributed by atoms with Gasteiger partial charge in [0.15, 0.2) is 11.6 Å². The molecule has 3 rings (SSSR count). The molecule has 0 nitrogen and oxygen atoms in total. The monoisotopic (exact) mass is 340 g/mol. The van der Waals surface area contributed by atoms with E-state index in [4.69, 9.17) is 0 Å². The summed E-state index contributed by atoms with van der Waals surface area (Å²) < 4.78 is 26.4. The van der Waals surface area contributed by atoms with Crippen LogP contribution in [0.3, 0.4) is 0 Å². The lowest BCUT2D eigenvalue weighted by Crippen LogP contribution is -2.12. The van der Waals surface area contributed by atoms with Crippen molar-refractivity contribution in [2.75, 3.05) is 0 Å². The van der Waals surface area contributed by atoms with Crippen molar-refractivity contribution in [2.24, 2.45) is 11.8 Å². The van der Waals surface area contributed by atoms with Crippen molar-refractivity contribution in [3.8, 4) is 11.1 Å². The first-order chi connectivity index (χ1) is 12.2. The molecule has 1 aliphatic carbocycles. The Labute approximate surface area is 149 Å². The second-order valence-electron chi connectivity index (χ2n) is 7.18. The number of hydrogen-bond acceptors (Lipinski definition) is 0. The molecule has 1 fully saturated rings. The quantitative estimate of drug-likeness (QED) is 0.537. The molecular formula is C23H26F2. The highest BCUT2D eigenvalue weighted by Crippen LogP contribution is 2.32. The van der Waals surface area contributed by atoms with Crippen LogP contribution in [0.1, 0.15) is 51.0 Å². The van der Waals surface area contributed by atoms with Gasteiger partial charge in [0.2, 0.25) is 0 Å². The van der Waals surface area contributed by atoms with Crippen LogP contribution in [0, 0.1) is 23.5 Å². The summed E-state index contributed by atoms with van der Waals surface area (Å²) >= 11 is 0. The summed E-state index contributed by atoms with van der Waals surface area (Å²) in [5.74, 6) is 0.0149. The van der Waals surface area contributed by atoms with Crippen molar-refractivity contribution in [3.05, 3.63) is 65.7 Å². The molecule has 0 atom stereocenters. The molecule has 1 aliphatic rings. The van der Waals surface area contributed by atoms with Gasteiger partial charge in [0.1, 0.15) is 0 Å². The van der Waals surface area contributed by atoms with E-state index in [1.807, 2.05) is 24.3 Å². The fourth-order valence-corrected chi connectivity index (χ4v) is 3.79. The Hall–Kier alpha value is -1.96. The normalized spacial score (nSPS) is 20.9. The Morgan fingerprint density at radius 3 is 2.20 bits per heavy atom. The van der Waals surface area contributed by atoms with E-state index < -0.39 is 11.6 Å². The average Bonchev–Trinajstić information content (AvgIpc) is 2.64. The van der Waals surface area contributed by atoms with Gasteiger partial charge in [0.25, 0.3) is 0 Å². The lowest BCUT2D eigenvalue weighted by molar-refractivity contribution is 0.295. The van der Waals surface area contributed by atoms with E-state index in [2.05, 4.69) is 19.1 Å². The molecule has 25 heavy (non-hydrogen) atoms. The second-order valence-corrected chi connectivity index (χ2v) is 7.18. The Bertz CT molecular complexity index is 707. The van der Waals surface area contributed by atoms with Gasteiger partial charge in [-0.2, -0.15) is 0 Å². The first-order valence-electron chi connectivity index (χ1n) is 9.39. The standard InChI is InChI=1S/C23H26F2/c1-2-3-17-4-6-18(7-5-17)8-9-19-10-12-20(13-11-19)21-14-15-22(24)23(25)16-21/h8-18H,2-7H2,1H3. The molecule has 0 bridgehead atoms. The summed E-state index contributed by atoms with van der Waals surface area (Å²) in [6, 6.07) is 12.0. The lowest BCUT2D eigenvalue weighted by atomic mass is 9.80. The summed E-state index contributed by atoms with van der Waals surface area (Å²) in [5, 5.41) is 0. The molecule has 0 saturated heterocycles. The maximum absolute atomic E-state index is 13.4. The summed E-state index contributed by atoms with van der Waals surface area (Å²) in [6.45, 7) is 2.27. The molecule has 2 aromatic rings. The molecule has 0 radical (unpaired) electrons. The van der Waals surface area contributed by atoms with Crippen molar-refractivity contribution in [2.45, 2.75) is 45.4 Å². The third-order valence-corrected chi connectivity index (χ3v) is 5.31. The molecule has 132 valence electrons. The Morgan fingerprint density at radius 1 is 0.880 bits per heavy atom. The number of halogens is 2. The van der Waals surface area contributed by atoms with Gasteiger partial charge in [-0.05, 0) is 66.3 Å². The van der Waals surface area contributed by atoms with Crippen LogP contribution in [0.15, 0.2) is 48.5 Å². The molecule has 0 aliphatic heterocycles. The zero-order chi connectivity index (χ0) is 17.6. The van der Waals surface area contributed by atoms with Crippen molar-refractivity contribution in [3.63, 3.8) is 0 Å². The van der Waals surface area contributed by atoms with Crippen molar-refractivity contribution in [1.29, 1.82) is 0 Å². The first kappa shape index (κ1) is 17.8. The highest BCUT2D eigenvalue weighted by Gasteiger charge is 2.18. The predicted molar refractivity (Wildman–Crippen MR) is 101 cm³/mol.